The monoisotopic (exact) mass is 202 g/mol. The van der Waals surface area contributed by atoms with Crippen LogP contribution in [0, 0.1) is 12.3 Å². The smallest absolute Gasteiger partial charge is 0.254 e. The van der Waals surface area contributed by atoms with Crippen molar-refractivity contribution < 1.29 is 4.79 Å². The minimum Gasteiger partial charge on any atom is -0.336 e. The molecule has 0 aliphatic rings. The van der Waals surface area contributed by atoms with Crippen molar-refractivity contribution in [2.75, 3.05) is 0 Å². The third kappa shape index (κ3) is 2.81. The minimum atomic E-state index is -0.590. The van der Waals surface area contributed by atoms with E-state index in [2.05, 4.69) is 16.2 Å². The molecule has 0 aromatic carbocycles. The van der Waals surface area contributed by atoms with E-state index in [9.17, 15) is 4.79 Å². The highest BCUT2D eigenvalue weighted by molar-refractivity contribution is 5.94. The van der Waals surface area contributed by atoms with E-state index in [-0.39, 0.29) is 5.91 Å². The summed E-state index contributed by atoms with van der Waals surface area (Å²) in [6, 6.07) is 3.42. The summed E-state index contributed by atoms with van der Waals surface area (Å²) in [6.45, 7) is 3.75. The molecule has 1 atom stereocenters. The average molecular weight is 202 g/mol. The fourth-order valence-electron chi connectivity index (χ4n) is 1.05. The van der Waals surface area contributed by atoms with Crippen LogP contribution in [0.1, 0.15) is 30.6 Å². The van der Waals surface area contributed by atoms with E-state index in [0.29, 0.717) is 12.0 Å². The second-order valence-corrected chi connectivity index (χ2v) is 3.53. The predicted molar refractivity (Wildman–Crippen MR) is 59.2 cm³/mol. The van der Waals surface area contributed by atoms with Crippen LogP contribution in [0.2, 0.25) is 0 Å². The number of carbonyl (C=O) groups is 1. The summed E-state index contributed by atoms with van der Waals surface area (Å²) in [4.78, 5) is 15.6. The first-order valence-corrected chi connectivity index (χ1v) is 4.81. The minimum absolute atomic E-state index is 0.189. The summed E-state index contributed by atoms with van der Waals surface area (Å²) in [5.74, 6) is 2.39. The first-order valence-electron chi connectivity index (χ1n) is 4.81. The molecule has 0 aliphatic heterocycles. The Hall–Kier alpha value is -1.82. The van der Waals surface area contributed by atoms with Crippen LogP contribution in [-0.2, 0) is 0 Å². The molecule has 0 spiro atoms. The predicted octanol–water partition coefficient (Wildman–Crippen LogP) is 1.61. The molecule has 0 saturated carbocycles. The summed E-state index contributed by atoms with van der Waals surface area (Å²) in [5, 5.41) is 2.79. The Kier molecular flexibility index (Phi) is 3.46. The quantitative estimate of drug-likeness (QED) is 0.757. The molecular weight excluding hydrogens is 188 g/mol. The zero-order valence-corrected chi connectivity index (χ0v) is 8.95. The molecule has 0 radical (unpaired) electrons. The molecule has 1 heterocycles. The van der Waals surface area contributed by atoms with Crippen LogP contribution in [-0.4, -0.2) is 16.4 Å². The van der Waals surface area contributed by atoms with Crippen molar-refractivity contribution >= 4 is 5.91 Å². The lowest BCUT2D eigenvalue weighted by atomic mass is 10.00. The highest BCUT2D eigenvalue weighted by Gasteiger charge is 2.21. The van der Waals surface area contributed by atoms with E-state index in [1.807, 2.05) is 13.8 Å². The van der Waals surface area contributed by atoms with Gasteiger partial charge in [0, 0.05) is 12.4 Å². The van der Waals surface area contributed by atoms with Gasteiger partial charge >= 0.3 is 0 Å². The van der Waals surface area contributed by atoms with Crippen molar-refractivity contribution in [3.63, 3.8) is 0 Å². The maximum absolute atomic E-state index is 11.7. The fourth-order valence-corrected chi connectivity index (χ4v) is 1.05. The van der Waals surface area contributed by atoms with E-state index in [4.69, 9.17) is 6.42 Å². The zero-order chi connectivity index (χ0) is 11.3. The Morgan fingerprint density at radius 3 is 2.93 bits per heavy atom. The van der Waals surface area contributed by atoms with Gasteiger partial charge in [0.2, 0.25) is 0 Å². The molecule has 0 fully saturated rings. The normalized spacial score (nSPS) is 13.7. The number of carbonyl (C=O) groups excluding carboxylic acids is 1. The van der Waals surface area contributed by atoms with Crippen molar-refractivity contribution in [1.29, 1.82) is 0 Å². The number of amides is 1. The summed E-state index contributed by atoms with van der Waals surface area (Å²) in [5.41, 5.74) is -0.0696. The van der Waals surface area contributed by atoms with E-state index < -0.39 is 5.54 Å². The average Bonchev–Trinajstić information content (AvgIpc) is 2.30. The van der Waals surface area contributed by atoms with Gasteiger partial charge in [0.1, 0.15) is 0 Å². The Morgan fingerprint density at radius 2 is 2.47 bits per heavy atom. The maximum Gasteiger partial charge on any atom is 0.254 e. The van der Waals surface area contributed by atoms with Crippen LogP contribution < -0.4 is 5.32 Å². The number of pyridine rings is 1. The number of rotatable bonds is 3. The standard InChI is InChI=1S/C12H14N2O/c1-4-12(3,5-2)14-11(15)10-7-6-8-13-9-10/h1,6-9H,5H2,2-3H3,(H,14,15). The molecule has 0 aliphatic carbocycles. The second-order valence-electron chi connectivity index (χ2n) is 3.53. The molecule has 1 N–H and O–H groups in total. The fraction of sp³-hybridized carbons (Fsp3) is 0.333. The van der Waals surface area contributed by atoms with E-state index in [1.54, 1.807) is 18.3 Å². The molecule has 1 rings (SSSR count). The van der Waals surface area contributed by atoms with Gasteiger partial charge in [-0.15, -0.1) is 6.42 Å². The van der Waals surface area contributed by atoms with Gasteiger partial charge < -0.3 is 5.32 Å². The van der Waals surface area contributed by atoms with Crippen LogP contribution in [0.5, 0.6) is 0 Å². The van der Waals surface area contributed by atoms with Crippen molar-refractivity contribution in [2.24, 2.45) is 0 Å². The van der Waals surface area contributed by atoms with Crippen LogP contribution in [0.25, 0.3) is 0 Å². The van der Waals surface area contributed by atoms with Gasteiger partial charge in [0.05, 0.1) is 11.1 Å². The van der Waals surface area contributed by atoms with Gasteiger partial charge in [-0.05, 0) is 25.5 Å². The SMILES string of the molecule is C#CC(C)(CC)NC(=O)c1cccnc1. The molecule has 78 valence electrons. The topological polar surface area (TPSA) is 42.0 Å². The number of terminal acetylenes is 1. The molecule has 1 unspecified atom stereocenters. The molecule has 1 amide bonds. The summed E-state index contributed by atoms with van der Waals surface area (Å²) < 4.78 is 0. The third-order valence-electron chi connectivity index (χ3n) is 2.34. The number of hydrogen-bond donors (Lipinski definition) is 1. The summed E-state index contributed by atoms with van der Waals surface area (Å²) in [7, 11) is 0. The van der Waals surface area contributed by atoms with Crippen molar-refractivity contribution in [3.05, 3.63) is 30.1 Å². The van der Waals surface area contributed by atoms with E-state index >= 15 is 0 Å². The van der Waals surface area contributed by atoms with E-state index in [1.165, 1.54) is 6.20 Å². The second kappa shape index (κ2) is 4.61. The van der Waals surface area contributed by atoms with Gasteiger partial charge in [-0.1, -0.05) is 12.8 Å². The molecule has 3 nitrogen and oxygen atoms in total. The number of nitrogens with one attached hydrogen (secondary N) is 1. The summed E-state index contributed by atoms with van der Waals surface area (Å²) in [6.07, 6.45) is 9.19. The van der Waals surface area contributed by atoms with Gasteiger partial charge in [-0.25, -0.2) is 0 Å². The summed E-state index contributed by atoms with van der Waals surface area (Å²) >= 11 is 0. The lowest BCUT2D eigenvalue weighted by Crippen LogP contribution is -2.44. The highest BCUT2D eigenvalue weighted by Crippen LogP contribution is 2.08. The molecule has 1 aromatic rings. The van der Waals surface area contributed by atoms with Gasteiger partial charge in [-0.3, -0.25) is 9.78 Å². The first-order chi connectivity index (χ1) is 7.11. The molecular formula is C12H14N2O. The highest BCUT2D eigenvalue weighted by atomic mass is 16.1. The number of aromatic nitrogens is 1. The van der Waals surface area contributed by atoms with E-state index in [0.717, 1.165) is 0 Å². The van der Waals surface area contributed by atoms with Crippen LogP contribution in [0.15, 0.2) is 24.5 Å². The van der Waals surface area contributed by atoms with Gasteiger partial charge in [-0.2, -0.15) is 0 Å². The molecule has 0 saturated heterocycles. The van der Waals surface area contributed by atoms with Crippen LogP contribution in [0.4, 0.5) is 0 Å². The number of nitrogens with zero attached hydrogens (tertiary/aromatic N) is 1. The third-order valence-corrected chi connectivity index (χ3v) is 2.34. The zero-order valence-electron chi connectivity index (χ0n) is 8.95. The Bertz CT molecular complexity index is 380. The van der Waals surface area contributed by atoms with Crippen LogP contribution in [0.3, 0.4) is 0 Å². The van der Waals surface area contributed by atoms with Crippen molar-refractivity contribution in [2.45, 2.75) is 25.8 Å². The Balaban J connectivity index is 2.77. The Labute approximate surface area is 89.9 Å². The van der Waals surface area contributed by atoms with Gasteiger partial charge in [0.25, 0.3) is 5.91 Å². The maximum atomic E-state index is 11.7. The number of hydrogen-bond acceptors (Lipinski definition) is 2. The van der Waals surface area contributed by atoms with Crippen molar-refractivity contribution in [3.8, 4) is 12.3 Å². The lowest BCUT2D eigenvalue weighted by Gasteiger charge is -2.23. The van der Waals surface area contributed by atoms with Crippen molar-refractivity contribution in [1.82, 2.24) is 10.3 Å². The molecule has 15 heavy (non-hydrogen) atoms. The molecule has 3 heteroatoms. The lowest BCUT2D eigenvalue weighted by molar-refractivity contribution is 0.0923. The molecule has 1 aromatic heterocycles. The Morgan fingerprint density at radius 1 is 1.73 bits per heavy atom. The van der Waals surface area contributed by atoms with Gasteiger partial charge in [0.15, 0.2) is 0 Å². The first kappa shape index (κ1) is 11.3. The largest absolute Gasteiger partial charge is 0.336 e. The van der Waals surface area contributed by atoms with Crippen LogP contribution >= 0.6 is 0 Å². The molecule has 0 bridgehead atoms.